The van der Waals surface area contributed by atoms with Crippen molar-refractivity contribution in [3.63, 3.8) is 0 Å². The zero-order chi connectivity index (χ0) is 16.2. The Bertz CT molecular complexity index is 537. The quantitative estimate of drug-likeness (QED) is 0.931. The second-order valence-corrected chi connectivity index (χ2v) is 7.11. The van der Waals surface area contributed by atoms with Crippen LogP contribution >= 0.6 is 0 Å². The third-order valence-electron chi connectivity index (χ3n) is 5.25. The molecule has 126 valence electrons. The lowest BCUT2D eigenvalue weighted by molar-refractivity contribution is -0.138. The molecule has 2 saturated heterocycles. The Morgan fingerprint density at radius 2 is 1.91 bits per heavy atom. The van der Waals surface area contributed by atoms with Gasteiger partial charge >= 0.3 is 0 Å². The van der Waals surface area contributed by atoms with E-state index >= 15 is 0 Å². The third-order valence-corrected chi connectivity index (χ3v) is 5.25. The molecule has 0 radical (unpaired) electrons. The zero-order valence-corrected chi connectivity index (χ0v) is 14.4. The molecule has 0 spiro atoms. The van der Waals surface area contributed by atoms with Crippen LogP contribution in [0.2, 0.25) is 0 Å². The number of rotatable bonds is 3. The number of nitrogens with one attached hydrogen (secondary N) is 1. The fraction of sp³-hybridized carbons (Fsp3) is 0.632. The molecule has 1 amide bonds. The number of hydrogen-bond acceptors (Lipinski definition) is 3. The van der Waals surface area contributed by atoms with Crippen LogP contribution in [0.3, 0.4) is 0 Å². The Kier molecular flexibility index (Phi) is 5.21. The average molecular weight is 315 g/mol. The molecule has 0 aromatic heterocycles. The molecule has 0 bridgehead atoms. The van der Waals surface area contributed by atoms with Gasteiger partial charge in [-0.2, -0.15) is 0 Å². The molecule has 0 aliphatic carbocycles. The summed E-state index contributed by atoms with van der Waals surface area (Å²) >= 11 is 0. The van der Waals surface area contributed by atoms with Crippen molar-refractivity contribution in [1.29, 1.82) is 0 Å². The molecule has 4 heteroatoms. The second kappa shape index (κ2) is 7.35. The van der Waals surface area contributed by atoms with Crippen LogP contribution in [-0.4, -0.2) is 54.5 Å². The second-order valence-electron chi connectivity index (χ2n) is 7.11. The molecule has 1 aromatic carbocycles. The van der Waals surface area contributed by atoms with E-state index in [9.17, 15) is 4.79 Å². The summed E-state index contributed by atoms with van der Waals surface area (Å²) in [5.74, 6) is 0.348. The number of aryl methyl sites for hydroxylation is 1. The summed E-state index contributed by atoms with van der Waals surface area (Å²) < 4.78 is 0. The smallest absolute Gasteiger partial charge is 0.239 e. The van der Waals surface area contributed by atoms with E-state index in [2.05, 4.69) is 53.4 Å². The summed E-state index contributed by atoms with van der Waals surface area (Å²) in [6.45, 7) is 4.94. The Labute approximate surface area is 139 Å². The monoisotopic (exact) mass is 315 g/mol. The number of nitrogens with zero attached hydrogens (tertiary/aromatic N) is 2. The molecule has 23 heavy (non-hydrogen) atoms. The molecule has 2 aliphatic heterocycles. The standard InChI is InChI=1S/C19H29N3O/c1-15-6-5-7-17(14-15)20-16-9-12-22(13-10-16)19(23)18-8-3-4-11-21(18)2/h5-7,14,16,18,20H,3-4,8-13H2,1-2H3. The minimum absolute atomic E-state index is 0.116. The number of amides is 1. The molecule has 1 aromatic rings. The van der Waals surface area contributed by atoms with Crippen molar-refractivity contribution in [2.75, 3.05) is 32.0 Å². The predicted octanol–water partition coefficient (Wildman–Crippen LogP) is 2.88. The van der Waals surface area contributed by atoms with Crippen molar-refractivity contribution in [3.8, 4) is 0 Å². The molecular formula is C19H29N3O. The minimum atomic E-state index is 0.116. The lowest BCUT2D eigenvalue weighted by atomic mass is 9.99. The molecule has 2 aliphatic rings. The normalized spacial score (nSPS) is 23.7. The first kappa shape index (κ1) is 16.3. The van der Waals surface area contributed by atoms with Crippen molar-refractivity contribution >= 4 is 11.6 Å². The highest BCUT2D eigenvalue weighted by molar-refractivity contribution is 5.82. The maximum atomic E-state index is 12.7. The Morgan fingerprint density at radius 3 is 2.61 bits per heavy atom. The van der Waals surface area contributed by atoms with Gasteiger partial charge in [0.05, 0.1) is 6.04 Å². The minimum Gasteiger partial charge on any atom is -0.382 e. The molecule has 0 saturated carbocycles. The average Bonchev–Trinajstić information content (AvgIpc) is 2.55. The molecule has 2 heterocycles. The zero-order valence-electron chi connectivity index (χ0n) is 14.4. The van der Waals surface area contributed by atoms with Gasteiger partial charge in [-0.3, -0.25) is 9.69 Å². The predicted molar refractivity (Wildman–Crippen MR) is 94.7 cm³/mol. The number of carbonyl (C=O) groups excluding carboxylic acids is 1. The Hall–Kier alpha value is -1.55. The number of piperidine rings is 2. The number of hydrogen-bond donors (Lipinski definition) is 1. The van der Waals surface area contributed by atoms with E-state index in [0.717, 1.165) is 38.9 Å². The Balaban J connectivity index is 1.51. The molecular weight excluding hydrogens is 286 g/mol. The maximum absolute atomic E-state index is 12.7. The summed E-state index contributed by atoms with van der Waals surface area (Å²) in [6, 6.07) is 9.12. The summed E-state index contributed by atoms with van der Waals surface area (Å²) in [7, 11) is 2.09. The largest absolute Gasteiger partial charge is 0.382 e. The number of carbonyl (C=O) groups is 1. The van der Waals surface area contributed by atoms with Crippen molar-refractivity contribution in [2.24, 2.45) is 0 Å². The van der Waals surface area contributed by atoms with Gasteiger partial charge in [-0.05, 0) is 63.9 Å². The fourth-order valence-electron chi connectivity index (χ4n) is 3.81. The summed E-state index contributed by atoms with van der Waals surface area (Å²) in [6.07, 6.45) is 5.51. The van der Waals surface area contributed by atoms with Crippen LogP contribution in [0.15, 0.2) is 24.3 Å². The van der Waals surface area contributed by atoms with Crippen molar-refractivity contribution in [3.05, 3.63) is 29.8 Å². The first-order valence-electron chi connectivity index (χ1n) is 8.96. The number of likely N-dealkylation sites (tertiary alicyclic amines) is 2. The highest BCUT2D eigenvalue weighted by Gasteiger charge is 2.31. The van der Waals surface area contributed by atoms with E-state index in [1.807, 2.05) is 0 Å². The van der Waals surface area contributed by atoms with Gasteiger partial charge in [0, 0.05) is 24.8 Å². The van der Waals surface area contributed by atoms with Crippen LogP contribution in [0.4, 0.5) is 5.69 Å². The van der Waals surface area contributed by atoms with Crippen molar-refractivity contribution in [2.45, 2.75) is 51.1 Å². The van der Waals surface area contributed by atoms with Crippen LogP contribution < -0.4 is 5.32 Å². The topological polar surface area (TPSA) is 35.6 Å². The van der Waals surface area contributed by atoms with Crippen molar-refractivity contribution in [1.82, 2.24) is 9.80 Å². The van der Waals surface area contributed by atoms with Crippen LogP contribution in [0.1, 0.15) is 37.7 Å². The van der Waals surface area contributed by atoms with Gasteiger partial charge in [-0.15, -0.1) is 0 Å². The maximum Gasteiger partial charge on any atom is 0.239 e. The Morgan fingerprint density at radius 1 is 1.13 bits per heavy atom. The SMILES string of the molecule is Cc1cccc(NC2CCN(C(=O)C3CCCCN3C)CC2)c1. The van der Waals surface area contributed by atoms with Gasteiger partial charge in [-0.25, -0.2) is 0 Å². The van der Waals surface area contributed by atoms with Gasteiger partial charge in [-0.1, -0.05) is 18.6 Å². The summed E-state index contributed by atoms with van der Waals surface area (Å²) in [5, 5.41) is 3.62. The molecule has 4 nitrogen and oxygen atoms in total. The highest BCUT2D eigenvalue weighted by atomic mass is 16.2. The van der Waals surface area contributed by atoms with E-state index in [0.29, 0.717) is 11.9 Å². The van der Waals surface area contributed by atoms with E-state index in [-0.39, 0.29) is 6.04 Å². The first-order valence-corrected chi connectivity index (χ1v) is 8.96. The highest BCUT2D eigenvalue weighted by Crippen LogP contribution is 2.21. The molecule has 3 rings (SSSR count). The van der Waals surface area contributed by atoms with Crippen LogP contribution in [0.25, 0.3) is 0 Å². The van der Waals surface area contributed by atoms with Crippen LogP contribution in [0.5, 0.6) is 0 Å². The van der Waals surface area contributed by atoms with Gasteiger partial charge in [0.1, 0.15) is 0 Å². The first-order chi connectivity index (χ1) is 11.1. The third kappa shape index (κ3) is 4.05. The molecule has 1 N–H and O–H groups in total. The molecule has 1 atom stereocenters. The van der Waals surface area contributed by atoms with E-state index < -0.39 is 0 Å². The van der Waals surface area contributed by atoms with E-state index in [1.165, 1.54) is 24.1 Å². The van der Waals surface area contributed by atoms with E-state index in [1.54, 1.807) is 0 Å². The van der Waals surface area contributed by atoms with Crippen LogP contribution in [0, 0.1) is 6.92 Å². The fourth-order valence-corrected chi connectivity index (χ4v) is 3.81. The summed E-state index contributed by atoms with van der Waals surface area (Å²) in [5.41, 5.74) is 2.48. The number of benzene rings is 1. The summed E-state index contributed by atoms with van der Waals surface area (Å²) in [4.78, 5) is 17.1. The molecule has 1 unspecified atom stereocenters. The van der Waals surface area contributed by atoms with Crippen LogP contribution in [-0.2, 0) is 4.79 Å². The van der Waals surface area contributed by atoms with Gasteiger partial charge in [0.25, 0.3) is 0 Å². The van der Waals surface area contributed by atoms with Gasteiger partial charge in [0.15, 0.2) is 0 Å². The lowest BCUT2D eigenvalue weighted by Crippen LogP contribution is -2.52. The van der Waals surface area contributed by atoms with Gasteiger partial charge in [0.2, 0.25) is 5.91 Å². The molecule has 2 fully saturated rings. The van der Waals surface area contributed by atoms with Gasteiger partial charge < -0.3 is 10.2 Å². The lowest BCUT2D eigenvalue weighted by Gasteiger charge is -2.38. The number of anilines is 1. The van der Waals surface area contributed by atoms with E-state index in [4.69, 9.17) is 0 Å². The number of likely N-dealkylation sites (N-methyl/N-ethyl adjacent to an activating group) is 1. The van der Waals surface area contributed by atoms with Crippen molar-refractivity contribution < 1.29 is 4.79 Å².